The molecule has 0 fully saturated rings. The second kappa shape index (κ2) is 5.79. The molecule has 0 aliphatic rings. The first-order valence-electron chi connectivity index (χ1n) is 5.16. The fourth-order valence-corrected chi connectivity index (χ4v) is 4.47. The van der Waals surface area contributed by atoms with Gasteiger partial charge in [-0.1, -0.05) is 27.5 Å². The van der Waals surface area contributed by atoms with Crippen molar-refractivity contribution in [1.29, 1.82) is 0 Å². The van der Waals surface area contributed by atoms with E-state index in [1.54, 1.807) is 0 Å². The fourth-order valence-electron chi connectivity index (χ4n) is 1.38. The summed E-state index contributed by atoms with van der Waals surface area (Å²) in [6.07, 6.45) is 0. The van der Waals surface area contributed by atoms with Crippen molar-refractivity contribution in [1.82, 2.24) is 0 Å². The Hall–Kier alpha value is -1.36. The first-order valence-corrected chi connectivity index (χ1v) is 8.63. The maximum absolute atomic E-state index is 12.1. The van der Waals surface area contributed by atoms with E-state index in [9.17, 15) is 23.6 Å². The lowest BCUT2D eigenvalue weighted by Gasteiger charge is -2.08. The normalized spacial score (nSPS) is 11.3. The Kier molecular flexibility index (Phi) is 4.42. The van der Waals surface area contributed by atoms with Crippen LogP contribution in [0.1, 0.15) is 0 Å². The van der Waals surface area contributed by atoms with Crippen molar-refractivity contribution in [2.24, 2.45) is 0 Å². The van der Waals surface area contributed by atoms with Gasteiger partial charge in [-0.2, -0.15) is 0 Å². The van der Waals surface area contributed by atoms with Crippen LogP contribution >= 0.6 is 38.9 Å². The largest absolute Gasteiger partial charge is 0.506 e. The van der Waals surface area contributed by atoms with E-state index in [0.29, 0.717) is 15.8 Å². The van der Waals surface area contributed by atoms with Crippen molar-refractivity contribution < 1.29 is 18.4 Å². The zero-order valence-corrected chi connectivity index (χ0v) is 13.9. The molecule has 112 valence electrons. The van der Waals surface area contributed by atoms with Gasteiger partial charge in [0.2, 0.25) is 0 Å². The third kappa shape index (κ3) is 3.46. The highest BCUT2D eigenvalue weighted by Gasteiger charge is 2.26. The predicted molar refractivity (Wildman–Crippen MR) is 82.6 cm³/mol. The Morgan fingerprint density at radius 2 is 2.05 bits per heavy atom. The lowest BCUT2D eigenvalue weighted by molar-refractivity contribution is -0.384. The number of nitrogens with zero attached hydrogens (tertiary/aromatic N) is 1. The van der Waals surface area contributed by atoms with Gasteiger partial charge in [-0.3, -0.25) is 14.8 Å². The topological polar surface area (TPSA) is 110 Å². The first kappa shape index (κ1) is 16.0. The molecule has 0 aliphatic carbocycles. The van der Waals surface area contributed by atoms with Crippen LogP contribution in [-0.2, 0) is 10.0 Å². The summed E-state index contributed by atoms with van der Waals surface area (Å²) >= 11 is 9.33. The molecule has 2 rings (SSSR count). The zero-order valence-electron chi connectivity index (χ0n) is 9.91. The van der Waals surface area contributed by atoms with E-state index in [0.717, 1.165) is 6.07 Å². The van der Waals surface area contributed by atoms with Gasteiger partial charge in [-0.05, 0) is 18.2 Å². The highest BCUT2D eigenvalue weighted by atomic mass is 79.9. The van der Waals surface area contributed by atoms with E-state index in [1.165, 1.54) is 18.2 Å². The molecule has 7 nitrogen and oxygen atoms in total. The molecule has 0 unspecified atom stereocenters. The van der Waals surface area contributed by atoms with Gasteiger partial charge in [0.25, 0.3) is 15.7 Å². The van der Waals surface area contributed by atoms with Crippen LogP contribution in [0.2, 0.25) is 4.34 Å². The average molecular weight is 414 g/mol. The van der Waals surface area contributed by atoms with Gasteiger partial charge in [-0.25, -0.2) is 8.42 Å². The Morgan fingerprint density at radius 3 is 2.62 bits per heavy atom. The standard InChI is InChI=1S/C10H6BrClN2O5S2/c11-5-1-2-8(15)6(3-5)13-21(18,19)9-4-7(14(16)17)10(12)20-9/h1-4,13,15H. The molecule has 21 heavy (non-hydrogen) atoms. The zero-order chi connectivity index (χ0) is 15.8. The summed E-state index contributed by atoms with van der Waals surface area (Å²) in [5, 5.41) is 20.3. The SMILES string of the molecule is O=[N+]([O-])c1cc(S(=O)(=O)Nc2cc(Br)ccc2O)sc1Cl. The number of phenolic OH excluding ortho intramolecular Hbond substituents is 1. The number of anilines is 1. The Balaban J connectivity index is 2.41. The predicted octanol–water partition coefficient (Wildman–Crippen LogP) is 3.58. The molecule has 0 aliphatic heterocycles. The summed E-state index contributed by atoms with van der Waals surface area (Å²) in [5.74, 6) is -0.279. The van der Waals surface area contributed by atoms with Gasteiger partial charge >= 0.3 is 0 Å². The highest BCUT2D eigenvalue weighted by Crippen LogP contribution is 2.37. The third-order valence-electron chi connectivity index (χ3n) is 2.31. The van der Waals surface area contributed by atoms with Crippen LogP contribution in [0.15, 0.2) is 32.9 Å². The van der Waals surface area contributed by atoms with Crippen LogP contribution in [0, 0.1) is 10.1 Å². The van der Waals surface area contributed by atoms with Crippen molar-refractivity contribution in [3.8, 4) is 5.75 Å². The Labute approximate surface area is 136 Å². The maximum atomic E-state index is 12.1. The minimum Gasteiger partial charge on any atom is -0.506 e. The monoisotopic (exact) mass is 412 g/mol. The molecule has 11 heteroatoms. The number of nitrogens with one attached hydrogen (secondary N) is 1. The van der Waals surface area contributed by atoms with Gasteiger partial charge in [-0.15, -0.1) is 11.3 Å². The van der Waals surface area contributed by atoms with Crippen molar-refractivity contribution in [2.45, 2.75) is 4.21 Å². The summed E-state index contributed by atoms with van der Waals surface area (Å²) in [4.78, 5) is 9.92. The molecule has 0 atom stereocenters. The van der Waals surface area contributed by atoms with Crippen molar-refractivity contribution >= 4 is 60.3 Å². The van der Waals surface area contributed by atoms with E-state index in [-0.39, 0.29) is 20.0 Å². The summed E-state index contributed by atoms with van der Waals surface area (Å²) in [5.41, 5.74) is -0.544. The van der Waals surface area contributed by atoms with E-state index in [2.05, 4.69) is 20.7 Å². The van der Waals surface area contributed by atoms with E-state index in [4.69, 9.17) is 11.6 Å². The van der Waals surface area contributed by atoms with Crippen molar-refractivity contribution in [2.75, 3.05) is 4.72 Å². The van der Waals surface area contributed by atoms with E-state index < -0.39 is 20.6 Å². The Bertz CT molecular complexity index is 821. The number of phenols is 1. The smallest absolute Gasteiger partial charge is 0.300 e. The number of halogens is 2. The molecular formula is C10H6BrClN2O5S2. The quantitative estimate of drug-likeness (QED) is 0.452. The molecule has 0 amide bonds. The van der Waals surface area contributed by atoms with Crippen LogP contribution < -0.4 is 4.72 Å². The molecule has 1 aromatic heterocycles. The van der Waals surface area contributed by atoms with Crippen LogP contribution in [0.3, 0.4) is 0 Å². The first-order chi connectivity index (χ1) is 9.70. The molecule has 1 heterocycles. The minimum absolute atomic E-state index is 0.0587. The molecular weight excluding hydrogens is 408 g/mol. The number of sulfonamides is 1. The number of rotatable bonds is 4. The number of benzene rings is 1. The van der Waals surface area contributed by atoms with Crippen LogP contribution in [-0.4, -0.2) is 18.4 Å². The second-order valence-corrected chi connectivity index (χ2v) is 8.23. The molecule has 0 saturated heterocycles. The van der Waals surface area contributed by atoms with Gasteiger partial charge in [0.1, 0.15) is 9.96 Å². The van der Waals surface area contributed by atoms with Crippen LogP contribution in [0.5, 0.6) is 5.75 Å². The molecule has 2 N–H and O–H groups in total. The number of nitro groups is 1. The minimum atomic E-state index is -4.09. The highest BCUT2D eigenvalue weighted by molar-refractivity contribution is 9.10. The third-order valence-corrected chi connectivity index (χ3v) is 5.98. The summed E-state index contributed by atoms with van der Waals surface area (Å²) in [7, 11) is -4.09. The van der Waals surface area contributed by atoms with Gasteiger partial charge < -0.3 is 5.11 Å². The summed E-state index contributed by atoms with van der Waals surface area (Å²) in [6.45, 7) is 0. The summed E-state index contributed by atoms with van der Waals surface area (Å²) in [6, 6.07) is 5.05. The number of hydrogen-bond acceptors (Lipinski definition) is 6. The Morgan fingerprint density at radius 1 is 1.38 bits per heavy atom. The maximum Gasteiger partial charge on any atom is 0.300 e. The number of hydrogen-bond donors (Lipinski definition) is 2. The van der Waals surface area contributed by atoms with Crippen molar-refractivity contribution in [3.05, 3.63) is 43.2 Å². The van der Waals surface area contributed by atoms with Gasteiger partial charge in [0.15, 0.2) is 4.34 Å². The fraction of sp³-hybridized carbons (Fsp3) is 0. The number of thiophene rings is 1. The molecule has 0 saturated carbocycles. The van der Waals surface area contributed by atoms with Crippen molar-refractivity contribution in [3.63, 3.8) is 0 Å². The molecule has 0 bridgehead atoms. The van der Waals surface area contributed by atoms with Gasteiger partial charge in [0, 0.05) is 10.5 Å². The molecule has 1 aromatic carbocycles. The van der Waals surface area contributed by atoms with Crippen LogP contribution in [0.25, 0.3) is 0 Å². The lowest BCUT2D eigenvalue weighted by atomic mass is 10.3. The second-order valence-electron chi connectivity index (χ2n) is 3.75. The lowest BCUT2D eigenvalue weighted by Crippen LogP contribution is -2.11. The van der Waals surface area contributed by atoms with Crippen LogP contribution in [0.4, 0.5) is 11.4 Å². The van der Waals surface area contributed by atoms with Gasteiger partial charge in [0.05, 0.1) is 10.6 Å². The number of aromatic hydroxyl groups is 1. The molecule has 0 radical (unpaired) electrons. The van der Waals surface area contributed by atoms with E-state index in [1.807, 2.05) is 0 Å². The molecule has 0 spiro atoms. The van der Waals surface area contributed by atoms with E-state index >= 15 is 0 Å². The summed E-state index contributed by atoms with van der Waals surface area (Å²) < 4.78 is 26.4. The average Bonchev–Trinajstić information content (AvgIpc) is 2.77. The molecule has 2 aromatic rings.